The van der Waals surface area contributed by atoms with Gasteiger partial charge in [-0.3, -0.25) is 4.99 Å². The Labute approximate surface area is 169 Å². The lowest BCUT2D eigenvalue weighted by Gasteiger charge is -2.07. The lowest BCUT2D eigenvalue weighted by molar-refractivity contribution is 0.420. The van der Waals surface area contributed by atoms with Gasteiger partial charge in [0, 0.05) is 23.2 Å². The first-order valence-corrected chi connectivity index (χ1v) is 9.81. The number of likely N-dealkylation sites (N-methyl/N-ethyl adjacent to an activating group) is 1. The van der Waals surface area contributed by atoms with Crippen molar-refractivity contribution in [3.05, 3.63) is 46.5 Å². The van der Waals surface area contributed by atoms with E-state index in [0.29, 0.717) is 11.6 Å². The van der Waals surface area contributed by atoms with E-state index in [2.05, 4.69) is 54.5 Å². The maximum absolute atomic E-state index is 6.28. The van der Waals surface area contributed by atoms with Gasteiger partial charge in [0.15, 0.2) is 5.65 Å². The number of hydrogen-bond acceptors (Lipinski definition) is 4. The molecule has 0 aliphatic carbocycles. The minimum Gasteiger partial charge on any atom is -0.319 e. The molecule has 0 bridgehead atoms. The van der Waals surface area contributed by atoms with Gasteiger partial charge in [0.1, 0.15) is 5.52 Å². The summed E-state index contributed by atoms with van der Waals surface area (Å²) in [5.74, 6) is 0. The number of aryl methyl sites for hydroxylation is 2. The van der Waals surface area contributed by atoms with Gasteiger partial charge in [-0.15, -0.1) is 0 Å². The van der Waals surface area contributed by atoms with Gasteiger partial charge in [-0.1, -0.05) is 11.6 Å². The monoisotopic (exact) mass is 393 g/mol. The van der Waals surface area contributed by atoms with Crippen LogP contribution in [-0.4, -0.2) is 52.8 Å². The highest BCUT2D eigenvalue weighted by molar-refractivity contribution is 6.31. The Morgan fingerprint density at radius 2 is 1.79 bits per heavy atom. The molecule has 0 unspecified atom stereocenters. The van der Waals surface area contributed by atoms with Crippen LogP contribution in [0.3, 0.4) is 0 Å². The van der Waals surface area contributed by atoms with Crippen molar-refractivity contribution in [3.63, 3.8) is 0 Å². The second kappa shape index (κ2) is 7.49. The standard InChI is InChI=1S/C22H24ClN5/c1-14-11-18-19(12-15(14)2)26-22-21(25-18)17-13-16(23)5-6-20(17)28(22)10-8-24-7-9-27(3)4/h5-6,8,11-13H,7,9-10H2,1-4H3. The van der Waals surface area contributed by atoms with Crippen molar-refractivity contribution in [2.75, 3.05) is 27.2 Å². The third-order valence-corrected chi connectivity index (χ3v) is 5.33. The molecule has 0 spiro atoms. The zero-order valence-electron chi connectivity index (χ0n) is 16.7. The van der Waals surface area contributed by atoms with E-state index in [9.17, 15) is 0 Å². The van der Waals surface area contributed by atoms with Crippen LogP contribution in [0.2, 0.25) is 5.02 Å². The van der Waals surface area contributed by atoms with Gasteiger partial charge >= 0.3 is 0 Å². The van der Waals surface area contributed by atoms with E-state index < -0.39 is 0 Å². The molecule has 0 saturated carbocycles. The molecule has 0 N–H and O–H groups in total. The highest BCUT2D eigenvalue weighted by atomic mass is 35.5. The van der Waals surface area contributed by atoms with Gasteiger partial charge in [0.25, 0.3) is 0 Å². The van der Waals surface area contributed by atoms with Crippen LogP contribution in [0.25, 0.3) is 33.1 Å². The third kappa shape index (κ3) is 3.48. The average molecular weight is 394 g/mol. The fourth-order valence-corrected chi connectivity index (χ4v) is 3.56. The lowest BCUT2D eigenvalue weighted by atomic mass is 10.1. The van der Waals surface area contributed by atoms with Gasteiger partial charge in [-0.2, -0.15) is 0 Å². The average Bonchev–Trinajstić information content (AvgIpc) is 2.93. The topological polar surface area (TPSA) is 46.3 Å². The summed E-state index contributed by atoms with van der Waals surface area (Å²) in [7, 11) is 4.10. The van der Waals surface area contributed by atoms with Crippen LogP contribution in [0.5, 0.6) is 0 Å². The summed E-state index contributed by atoms with van der Waals surface area (Å²) >= 11 is 6.28. The number of benzene rings is 2. The summed E-state index contributed by atoms with van der Waals surface area (Å²) < 4.78 is 2.17. The van der Waals surface area contributed by atoms with Crippen molar-refractivity contribution in [2.45, 2.75) is 20.4 Å². The van der Waals surface area contributed by atoms with Gasteiger partial charge in [-0.25, -0.2) is 9.97 Å². The molecule has 0 amide bonds. The zero-order chi connectivity index (χ0) is 19.8. The molecule has 0 fully saturated rings. The van der Waals surface area contributed by atoms with Crippen LogP contribution in [0.1, 0.15) is 11.1 Å². The number of halogens is 1. The van der Waals surface area contributed by atoms with Gasteiger partial charge in [-0.05, 0) is 69.4 Å². The van der Waals surface area contributed by atoms with E-state index in [0.717, 1.165) is 46.2 Å². The van der Waals surface area contributed by atoms with Crippen molar-refractivity contribution < 1.29 is 0 Å². The maximum Gasteiger partial charge on any atom is 0.160 e. The van der Waals surface area contributed by atoms with Crippen molar-refractivity contribution in [1.29, 1.82) is 0 Å². The van der Waals surface area contributed by atoms with E-state index in [1.807, 2.05) is 24.4 Å². The number of fused-ring (bicyclic) bond motifs is 4. The highest BCUT2D eigenvalue weighted by Gasteiger charge is 2.15. The lowest BCUT2D eigenvalue weighted by Crippen LogP contribution is -2.15. The fourth-order valence-electron chi connectivity index (χ4n) is 3.39. The van der Waals surface area contributed by atoms with Crippen LogP contribution in [0.15, 0.2) is 35.3 Å². The van der Waals surface area contributed by atoms with Crippen LogP contribution in [0, 0.1) is 13.8 Å². The number of hydrogen-bond donors (Lipinski definition) is 0. The van der Waals surface area contributed by atoms with Gasteiger partial charge < -0.3 is 9.47 Å². The summed E-state index contributed by atoms with van der Waals surface area (Å²) in [4.78, 5) is 16.6. The van der Waals surface area contributed by atoms with Gasteiger partial charge in [0.05, 0.1) is 29.6 Å². The maximum atomic E-state index is 6.28. The molecule has 0 atom stereocenters. The molecular formula is C22H24ClN5. The molecular weight excluding hydrogens is 370 g/mol. The molecule has 2 heterocycles. The summed E-state index contributed by atoms with van der Waals surface area (Å²) in [6, 6.07) is 10.1. The van der Waals surface area contributed by atoms with Crippen LogP contribution in [0.4, 0.5) is 0 Å². The zero-order valence-corrected chi connectivity index (χ0v) is 17.5. The molecule has 5 nitrogen and oxygen atoms in total. The van der Waals surface area contributed by atoms with E-state index >= 15 is 0 Å². The minimum atomic E-state index is 0.653. The number of rotatable bonds is 5. The van der Waals surface area contributed by atoms with E-state index in [1.54, 1.807) is 0 Å². The largest absolute Gasteiger partial charge is 0.319 e. The Morgan fingerprint density at radius 3 is 2.50 bits per heavy atom. The second-order valence-electron chi connectivity index (χ2n) is 7.49. The molecule has 4 rings (SSSR count). The SMILES string of the molecule is Cc1cc2nc3c4cc(Cl)ccc4n(CC=NCCN(C)C)c3nc2cc1C. The minimum absolute atomic E-state index is 0.653. The summed E-state index contributed by atoms with van der Waals surface area (Å²) in [6.45, 7) is 6.57. The first-order valence-electron chi connectivity index (χ1n) is 9.43. The first kappa shape index (κ1) is 18.8. The normalized spacial score (nSPS) is 12.4. The van der Waals surface area contributed by atoms with Crippen LogP contribution < -0.4 is 0 Å². The predicted octanol–water partition coefficient (Wildman–Crippen LogP) is 4.64. The molecule has 144 valence electrons. The summed E-state index contributed by atoms with van der Waals surface area (Å²) in [6.07, 6.45) is 1.96. The fraction of sp³-hybridized carbons (Fsp3) is 0.318. The second-order valence-corrected chi connectivity index (χ2v) is 7.92. The molecule has 28 heavy (non-hydrogen) atoms. The Hall–Kier alpha value is -2.50. The molecule has 4 aromatic rings. The molecule has 0 saturated heterocycles. The Kier molecular flexibility index (Phi) is 5.04. The number of aromatic nitrogens is 3. The summed E-state index contributed by atoms with van der Waals surface area (Å²) in [5, 5.41) is 1.73. The number of nitrogens with zero attached hydrogens (tertiary/aromatic N) is 5. The molecule has 0 aliphatic heterocycles. The summed E-state index contributed by atoms with van der Waals surface area (Å²) in [5.41, 5.74) is 7.09. The quantitative estimate of drug-likeness (QED) is 0.464. The number of aliphatic imine (C=N–C) groups is 1. The van der Waals surface area contributed by atoms with Crippen molar-refractivity contribution in [2.24, 2.45) is 4.99 Å². The van der Waals surface area contributed by atoms with Crippen LogP contribution in [-0.2, 0) is 6.54 Å². The Balaban J connectivity index is 1.88. The predicted molar refractivity (Wildman–Crippen MR) is 119 cm³/mol. The molecule has 2 aromatic heterocycles. The smallest absolute Gasteiger partial charge is 0.160 e. The van der Waals surface area contributed by atoms with Crippen molar-refractivity contribution >= 4 is 50.9 Å². The molecule has 0 radical (unpaired) electrons. The molecule has 2 aromatic carbocycles. The Bertz CT molecular complexity index is 1210. The first-order chi connectivity index (χ1) is 13.4. The molecule has 6 heteroatoms. The van der Waals surface area contributed by atoms with E-state index in [-0.39, 0.29) is 0 Å². The Morgan fingerprint density at radius 1 is 1.07 bits per heavy atom. The highest BCUT2D eigenvalue weighted by Crippen LogP contribution is 2.30. The van der Waals surface area contributed by atoms with E-state index in [4.69, 9.17) is 21.6 Å². The van der Waals surface area contributed by atoms with Crippen molar-refractivity contribution in [1.82, 2.24) is 19.4 Å². The van der Waals surface area contributed by atoms with Crippen molar-refractivity contribution in [3.8, 4) is 0 Å². The molecule has 0 aliphatic rings. The van der Waals surface area contributed by atoms with Gasteiger partial charge in [0.2, 0.25) is 0 Å². The van der Waals surface area contributed by atoms with E-state index in [1.165, 1.54) is 11.1 Å². The third-order valence-electron chi connectivity index (χ3n) is 5.09. The van der Waals surface area contributed by atoms with Crippen LogP contribution >= 0.6 is 11.6 Å².